The third kappa shape index (κ3) is 3.55. The van der Waals surface area contributed by atoms with Crippen LogP contribution in [-0.2, 0) is 13.1 Å². The fourth-order valence-corrected chi connectivity index (χ4v) is 3.00. The molecule has 0 atom stereocenters. The minimum atomic E-state index is -0.0815. The lowest BCUT2D eigenvalue weighted by Gasteiger charge is -2.21. The normalized spacial score (nSPS) is 10.6. The van der Waals surface area contributed by atoms with Gasteiger partial charge in [-0.2, -0.15) is 11.3 Å². The number of carbonyl (C=O) groups excluding carboxylic acids is 1. The number of aromatic nitrogens is 2. The van der Waals surface area contributed by atoms with Crippen LogP contribution in [0, 0.1) is 0 Å². The van der Waals surface area contributed by atoms with Crippen LogP contribution in [0.4, 0.5) is 0 Å². The molecular formula is C16H14ClN3OS. The molecule has 0 aliphatic rings. The minimum Gasteiger partial charge on any atom is -0.356 e. The van der Waals surface area contributed by atoms with Gasteiger partial charge in [-0.25, -0.2) is 0 Å². The second kappa shape index (κ2) is 6.77. The van der Waals surface area contributed by atoms with Gasteiger partial charge in [-0.15, -0.1) is 0 Å². The van der Waals surface area contributed by atoms with Gasteiger partial charge in [0.05, 0.1) is 5.02 Å². The highest BCUT2D eigenvalue weighted by Gasteiger charge is 2.18. The van der Waals surface area contributed by atoms with E-state index in [2.05, 4.69) is 9.97 Å². The first-order valence-corrected chi connectivity index (χ1v) is 8.07. The summed E-state index contributed by atoms with van der Waals surface area (Å²) in [5, 5.41) is 4.58. The number of nitrogens with zero attached hydrogens (tertiary/aromatic N) is 2. The fourth-order valence-electron chi connectivity index (χ4n) is 2.18. The average Bonchev–Trinajstić information content (AvgIpc) is 3.18. The van der Waals surface area contributed by atoms with Crippen molar-refractivity contribution in [1.82, 2.24) is 14.9 Å². The SMILES string of the molecule is O=C(c1cc(Cl)c[nH]1)N(Cc1cccnc1)Cc1ccsc1. The Bertz CT molecular complexity index is 740. The number of halogens is 1. The smallest absolute Gasteiger partial charge is 0.270 e. The molecule has 1 amide bonds. The lowest BCUT2D eigenvalue weighted by Crippen LogP contribution is -2.30. The van der Waals surface area contributed by atoms with Gasteiger partial charge in [0.15, 0.2) is 0 Å². The summed E-state index contributed by atoms with van der Waals surface area (Å²) in [5.41, 5.74) is 2.59. The van der Waals surface area contributed by atoms with E-state index in [4.69, 9.17) is 11.6 Å². The summed E-state index contributed by atoms with van der Waals surface area (Å²) in [6, 6.07) is 7.50. The zero-order chi connectivity index (χ0) is 15.4. The number of rotatable bonds is 5. The molecule has 112 valence electrons. The predicted molar refractivity (Wildman–Crippen MR) is 87.9 cm³/mol. The largest absolute Gasteiger partial charge is 0.356 e. The van der Waals surface area contributed by atoms with Crippen LogP contribution < -0.4 is 0 Å². The monoisotopic (exact) mass is 331 g/mol. The highest BCUT2D eigenvalue weighted by Crippen LogP contribution is 2.17. The number of hydrogen-bond donors (Lipinski definition) is 1. The van der Waals surface area contributed by atoms with Crippen LogP contribution in [0.15, 0.2) is 53.6 Å². The van der Waals surface area contributed by atoms with Gasteiger partial charge in [-0.1, -0.05) is 17.7 Å². The van der Waals surface area contributed by atoms with Gasteiger partial charge >= 0.3 is 0 Å². The number of pyridine rings is 1. The van der Waals surface area contributed by atoms with E-state index in [-0.39, 0.29) is 5.91 Å². The zero-order valence-electron chi connectivity index (χ0n) is 11.7. The molecule has 0 aliphatic heterocycles. The lowest BCUT2D eigenvalue weighted by atomic mass is 10.2. The van der Waals surface area contributed by atoms with Crippen molar-refractivity contribution in [1.29, 1.82) is 0 Å². The van der Waals surface area contributed by atoms with Crippen molar-refractivity contribution in [2.75, 3.05) is 0 Å². The molecule has 0 aromatic carbocycles. The highest BCUT2D eigenvalue weighted by atomic mass is 35.5. The summed E-state index contributed by atoms with van der Waals surface area (Å²) in [5.74, 6) is -0.0815. The van der Waals surface area contributed by atoms with E-state index in [0.717, 1.165) is 11.1 Å². The molecule has 6 heteroatoms. The standard InChI is InChI=1S/C16H14ClN3OS/c17-14-6-15(19-8-14)16(21)20(10-13-3-5-22-11-13)9-12-2-1-4-18-7-12/h1-8,11,19H,9-10H2. The van der Waals surface area contributed by atoms with E-state index in [9.17, 15) is 4.79 Å². The van der Waals surface area contributed by atoms with E-state index < -0.39 is 0 Å². The Kier molecular flexibility index (Phi) is 4.56. The number of thiophene rings is 1. The Labute approximate surface area is 137 Å². The van der Waals surface area contributed by atoms with Crippen LogP contribution in [0.1, 0.15) is 21.6 Å². The van der Waals surface area contributed by atoms with Crippen LogP contribution in [0.2, 0.25) is 5.02 Å². The van der Waals surface area contributed by atoms with Crippen LogP contribution >= 0.6 is 22.9 Å². The van der Waals surface area contributed by atoms with Crippen molar-refractivity contribution < 1.29 is 4.79 Å². The maximum Gasteiger partial charge on any atom is 0.270 e. The first-order chi connectivity index (χ1) is 10.7. The van der Waals surface area contributed by atoms with Gasteiger partial charge in [-0.05, 0) is 40.1 Å². The zero-order valence-corrected chi connectivity index (χ0v) is 13.3. The lowest BCUT2D eigenvalue weighted by molar-refractivity contribution is 0.0725. The fraction of sp³-hybridized carbons (Fsp3) is 0.125. The Balaban J connectivity index is 1.83. The molecule has 3 rings (SSSR count). The van der Waals surface area contributed by atoms with Crippen LogP contribution in [0.3, 0.4) is 0 Å². The van der Waals surface area contributed by atoms with Gasteiger partial charge in [0.25, 0.3) is 5.91 Å². The van der Waals surface area contributed by atoms with E-state index >= 15 is 0 Å². The molecule has 22 heavy (non-hydrogen) atoms. The molecule has 0 radical (unpaired) electrons. The number of H-pyrrole nitrogens is 1. The van der Waals surface area contributed by atoms with E-state index in [0.29, 0.717) is 23.8 Å². The topological polar surface area (TPSA) is 49.0 Å². The van der Waals surface area contributed by atoms with Gasteiger partial charge in [0, 0.05) is 31.7 Å². The Morgan fingerprint density at radius 2 is 2.18 bits per heavy atom. The first kappa shape index (κ1) is 14.8. The molecule has 0 bridgehead atoms. The molecule has 0 unspecified atom stereocenters. The van der Waals surface area contributed by atoms with Gasteiger partial charge in [0.1, 0.15) is 5.69 Å². The van der Waals surface area contributed by atoms with Gasteiger partial charge < -0.3 is 9.88 Å². The maximum absolute atomic E-state index is 12.7. The number of aromatic amines is 1. The summed E-state index contributed by atoms with van der Waals surface area (Å²) in [6.07, 6.45) is 5.11. The van der Waals surface area contributed by atoms with Crippen molar-refractivity contribution in [3.63, 3.8) is 0 Å². The third-order valence-electron chi connectivity index (χ3n) is 3.22. The summed E-state index contributed by atoms with van der Waals surface area (Å²) < 4.78 is 0. The molecule has 3 heterocycles. The van der Waals surface area contributed by atoms with Gasteiger partial charge in [-0.3, -0.25) is 9.78 Å². The molecule has 1 N–H and O–H groups in total. The third-order valence-corrected chi connectivity index (χ3v) is 4.17. The second-order valence-corrected chi connectivity index (χ2v) is 6.10. The molecule has 0 saturated carbocycles. The van der Waals surface area contributed by atoms with Gasteiger partial charge in [0.2, 0.25) is 0 Å². The molecule has 0 saturated heterocycles. The Morgan fingerprint density at radius 3 is 2.82 bits per heavy atom. The second-order valence-electron chi connectivity index (χ2n) is 4.89. The molecular weight excluding hydrogens is 318 g/mol. The number of carbonyl (C=O) groups is 1. The Hall–Kier alpha value is -2.11. The van der Waals surface area contributed by atoms with Crippen LogP contribution in [0.5, 0.6) is 0 Å². The van der Waals surface area contributed by atoms with Crippen molar-refractivity contribution in [2.45, 2.75) is 13.1 Å². The highest BCUT2D eigenvalue weighted by molar-refractivity contribution is 7.07. The quantitative estimate of drug-likeness (QED) is 0.769. The maximum atomic E-state index is 12.7. The molecule has 3 aromatic heterocycles. The van der Waals surface area contributed by atoms with E-state index in [1.54, 1.807) is 40.9 Å². The predicted octanol–water partition coefficient (Wildman–Crippen LogP) is 3.97. The van der Waals surface area contributed by atoms with Crippen molar-refractivity contribution in [3.8, 4) is 0 Å². The summed E-state index contributed by atoms with van der Waals surface area (Å²) in [6.45, 7) is 1.05. The Morgan fingerprint density at radius 1 is 1.32 bits per heavy atom. The number of nitrogens with one attached hydrogen (secondary N) is 1. The van der Waals surface area contributed by atoms with Crippen molar-refractivity contribution in [3.05, 3.63) is 75.5 Å². The average molecular weight is 332 g/mol. The molecule has 0 fully saturated rings. The summed E-state index contributed by atoms with van der Waals surface area (Å²) >= 11 is 7.52. The molecule has 0 aliphatic carbocycles. The summed E-state index contributed by atoms with van der Waals surface area (Å²) in [7, 11) is 0. The van der Waals surface area contributed by atoms with Crippen molar-refractivity contribution in [2.24, 2.45) is 0 Å². The molecule has 4 nitrogen and oxygen atoms in total. The first-order valence-electron chi connectivity index (χ1n) is 6.75. The van der Waals surface area contributed by atoms with E-state index in [1.165, 1.54) is 0 Å². The van der Waals surface area contributed by atoms with Crippen molar-refractivity contribution >= 4 is 28.8 Å². The van der Waals surface area contributed by atoms with E-state index in [1.807, 2.05) is 29.0 Å². The molecule has 3 aromatic rings. The minimum absolute atomic E-state index is 0.0815. The van der Waals surface area contributed by atoms with Crippen LogP contribution in [-0.4, -0.2) is 20.8 Å². The summed E-state index contributed by atoms with van der Waals surface area (Å²) in [4.78, 5) is 21.5. The number of amides is 1. The number of hydrogen-bond acceptors (Lipinski definition) is 3. The van der Waals surface area contributed by atoms with Crippen LogP contribution in [0.25, 0.3) is 0 Å². The molecule has 0 spiro atoms.